The van der Waals surface area contributed by atoms with Crippen LogP contribution in [0, 0.1) is 0 Å². The molecule has 8 nitrogen and oxygen atoms in total. The van der Waals surface area contributed by atoms with Gasteiger partial charge in [-0.15, -0.1) is 0 Å². The Morgan fingerprint density at radius 1 is 0.848 bits per heavy atom. The van der Waals surface area contributed by atoms with E-state index < -0.39 is 28.5 Å². The minimum Gasteiger partial charge on any atom is -0.497 e. The van der Waals surface area contributed by atoms with Crippen molar-refractivity contribution in [1.82, 2.24) is 10.2 Å². The molecular formula is C36H38ClN3O5S. The first-order valence-corrected chi connectivity index (χ1v) is 17.2. The van der Waals surface area contributed by atoms with E-state index in [9.17, 15) is 18.0 Å². The lowest BCUT2D eigenvalue weighted by atomic mass is 10.0. The van der Waals surface area contributed by atoms with Crippen LogP contribution < -0.4 is 14.4 Å². The maximum atomic E-state index is 14.5. The molecular weight excluding hydrogens is 622 g/mol. The zero-order valence-electron chi connectivity index (χ0n) is 25.7. The third-order valence-corrected chi connectivity index (χ3v) is 10.2. The van der Waals surface area contributed by atoms with Crippen molar-refractivity contribution >= 4 is 39.1 Å². The van der Waals surface area contributed by atoms with Crippen molar-refractivity contribution in [3.63, 3.8) is 0 Å². The second-order valence-corrected chi connectivity index (χ2v) is 13.7. The molecule has 46 heavy (non-hydrogen) atoms. The van der Waals surface area contributed by atoms with E-state index in [0.717, 1.165) is 41.1 Å². The van der Waals surface area contributed by atoms with Crippen LogP contribution in [0.3, 0.4) is 0 Å². The summed E-state index contributed by atoms with van der Waals surface area (Å²) in [5.74, 6) is -0.270. The molecule has 0 saturated heterocycles. The Morgan fingerprint density at radius 2 is 1.46 bits per heavy atom. The molecule has 0 heterocycles. The maximum absolute atomic E-state index is 14.5. The molecule has 4 aromatic carbocycles. The third-order valence-electron chi connectivity index (χ3n) is 8.21. The van der Waals surface area contributed by atoms with Crippen LogP contribution in [0.2, 0.25) is 5.02 Å². The quantitative estimate of drug-likeness (QED) is 0.183. The number of carbonyl (C=O) groups is 2. The van der Waals surface area contributed by atoms with Gasteiger partial charge in [-0.1, -0.05) is 85.1 Å². The predicted molar refractivity (Wildman–Crippen MR) is 180 cm³/mol. The van der Waals surface area contributed by atoms with Crippen LogP contribution in [0.15, 0.2) is 114 Å². The normalized spacial score (nSPS) is 14.0. The number of amides is 2. The summed E-state index contributed by atoms with van der Waals surface area (Å²) in [4.78, 5) is 30.1. The van der Waals surface area contributed by atoms with Crippen LogP contribution in [0.5, 0.6) is 5.75 Å². The Kier molecular flexibility index (Phi) is 11.0. The summed E-state index contributed by atoms with van der Waals surface area (Å²) >= 11 is 6.16. The Balaban J connectivity index is 1.54. The number of anilines is 1. The number of carbonyl (C=O) groups excluding carboxylic acids is 2. The highest BCUT2D eigenvalue weighted by Crippen LogP contribution is 2.27. The third kappa shape index (κ3) is 8.27. The van der Waals surface area contributed by atoms with Crippen molar-refractivity contribution in [1.29, 1.82) is 0 Å². The Morgan fingerprint density at radius 3 is 2.07 bits per heavy atom. The smallest absolute Gasteiger partial charge is 0.264 e. The molecule has 0 bridgehead atoms. The van der Waals surface area contributed by atoms with Crippen LogP contribution in [-0.4, -0.2) is 50.9 Å². The highest BCUT2D eigenvalue weighted by molar-refractivity contribution is 7.92. The molecule has 0 aromatic heterocycles. The number of sulfonamides is 1. The van der Waals surface area contributed by atoms with Crippen LogP contribution in [0.4, 0.5) is 5.69 Å². The van der Waals surface area contributed by atoms with E-state index >= 15 is 0 Å². The van der Waals surface area contributed by atoms with Crippen LogP contribution in [0.25, 0.3) is 0 Å². The second-order valence-electron chi connectivity index (χ2n) is 11.4. The molecule has 1 atom stereocenters. The molecule has 1 aliphatic rings. The summed E-state index contributed by atoms with van der Waals surface area (Å²) in [6.07, 6.45) is 4.11. The summed E-state index contributed by atoms with van der Waals surface area (Å²) in [7, 11) is -2.69. The van der Waals surface area contributed by atoms with Crippen molar-refractivity contribution in [2.45, 2.75) is 55.6 Å². The van der Waals surface area contributed by atoms with E-state index in [1.54, 1.807) is 66.7 Å². The van der Waals surface area contributed by atoms with Gasteiger partial charge in [0.2, 0.25) is 11.8 Å². The number of benzene rings is 4. The number of halogens is 1. The van der Waals surface area contributed by atoms with E-state index in [1.165, 1.54) is 24.1 Å². The molecule has 10 heteroatoms. The van der Waals surface area contributed by atoms with Crippen LogP contribution >= 0.6 is 11.6 Å². The largest absolute Gasteiger partial charge is 0.497 e. The number of hydrogen-bond donors (Lipinski definition) is 1. The molecule has 2 amide bonds. The molecule has 5 rings (SSSR count). The van der Waals surface area contributed by atoms with Gasteiger partial charge in [-0.3, -0.25) is 13.9 Å². The van der Waals surface area contributed by atoms with Gasteiger partial charge < -0.3 is 15.0 Å². The maximum Gasteiger partial charge on any atom is 0.264 e. The van der Waals surface area contributed by atoms with Crippen molar-refractivity contribution in [3.8, 4) is 5.75 Å². The van der Waals surface area contributed by atoms with Gasteiger partial charge in [0, 0.05) is 24.0 Å². The monoisotopic (exact) mass is 659 g/mol. The minimum atomic E-state index is -4.20. The molecule has 1 N–H and O–H groups in total. The standard InChI is InChI=1S/C36H38ClN3O5S/c1-45-32-20-22-33(23-21-32)46(43,44)40(31-14-6-3-7-15-31)26-35(41)39(25-28-16-18-29(37)19-17-28)34(24-27-10-4-2-5-11-27)36(42)38-30-12-8-9-13-30/h2-7,10-11,14-23,30,34H,8-9,12-13,24-26H2,1H3,(H,38,42). The summed E-state index contributed by atoms with van der Waals surface area (Å²) in [5.41, 5.74) is 1.97. The first-order valence-electron chi connectivity index (χ1n) is 15.3. The first kappa shape index (κ1) is 33.0. The second kappa shape index (κ2) is 15.3. The van der Waals surface area contributed by atoms with E-state index in [1.807, 2.05) is 30.3 Å². The van der Waals surface area contributed by atoms with E-state index in [0.29, 0.717) is 16.5 Å². The lowest BCUT2D eigenvalue weighted by Crippen LogP contribution is -2.54. The molecule has 1 fully saturated rings. The van der Waals surface area contributed by atoms with Crippen LogP contribution in [0.1, 0.15) is 36.8 Å². The zero-order chi connectivity index (χ0) is 32.5. The van der Waals surface area contributed by atoms with Gasteiger partial charge in [0.1, 0.15) is 18.3 Å². The van der Waals surface area contributed by atoms with E-state index in [4.69, 9.17) is 16.3 Å². The average Bonchev–Trinajstić information content (AvgIpc) is 3.59. The number of methoxy groups -OCH3 is 1. The fraction of sp³-hybridized carbons (Fsp3) is 0.278. The van der Waals surface area contributed by atoms with Gasteiger partial charge in [0.25, 0.3) is 10.0 Å². The number of hydrogen-bond acceptors (Lipinski definition) is 5. The highest BCUT2D eigenvalue weighted by atomic mass is 35.5. The molecule has 1 aliphatic carbocycles. The van der Waals surface area contributed by atoms with Gasteiger partial charge >= 0.3 is 0 Å². The molecule has 1 saturated carbocycles. The number of nitrogens with zero attached hydrogens (tertiary/aromatic N) is 2. The molecule has 4 aromatic rings. The summed E-state index contributed by atoms with van der Waals surface area (Å²) in [6, 6.07) is 30.3. The summed E-state index contributed by atoms with van der Waals surface area (Å²) < 4.78 is 34.6. The fourth-order valence-electron chi connectivity index (χ4n) is 5.71. The number of nitrogens with one attached hydrogen (secondary N) is 1. The number of para-hydroxylation sites is 1. The summed E-state index contributed by atoms with van der Waals surface area (Å²) in [6.45, 7) is -0.440. The lowest BCUT2D eigenvalue weighted by molar-refractivity contribution is -0.140. The Hall–Kier alpha value is -4.34. The van der Waals surface area contributed by atoms with E-state index in [-0.39, 0.29) is 29.8 Å². The molecule has 0 radical (unpaired) electrons. The molecule has 0 aliphatic heterocycles. The highest BCUT2D eigenvalue weighted by Gasteiger charge is 2.35. The molecule has 1 unspecified atom stereocenters. The zero-order valence-corrected chi connectivity index (χ0v) is 27.3. The summed E-state index contributed by atoms with van der Waals surface area (Å²) in [5, 5.41) is 3.73. The van der Waals surface area contributed by atoms with Crippen molar-refractivity contribution < 1.29 is 22.7 Å². The van der Waals surface area contributed by atoms with Crippen LogP contribution in [-0.2, 0) is 32.6 Å². The molecule has 0 spiro atoms. The minimum absolute atomic E-state index is 0.00835. The lowest BCUT2D eigenvalue weighted by Gasteiger charge is -2.34. The van der Waals surface area contributed by atoms with Crippen molar-refractivity contribution in [2.75, 3.05) is 18.0 Å². The average molecular weight is 660 g/mol. The van der Waals surface area contributed by atoms with Gasteiger partial charge in [0.05, 0.1) is 17.7 Å². The number of ether oxygens (including phenoxy) is 1. The van der Waals surface area contributed by atoms with Crippen molar-refractivity contribution in [2.24, 2.45) is 0 Å². The predicted octanol–water partition coefficient (Wildman–Crippen LogP) is 6.24. The topological polar surface area (TPSA) is 96.0 Å². The Bertz CT molecular complexity index is 1700. The van der Waals surface area contributed by atoms with Gasteiger partial charge in [0.15, 0.2) is 0 Å². The number of rotatable bonds is 13. The van der Waals surface area contributed by atoms with Crippen molar-refractivity contribution in [3.05, 3.63) is 125 Å². The fourth-order valence-corrected chi connectivity index (χ4v) is 7.25. The Labute approximate surface area is 276 Å². The first-order chi connectivity index (χ1) is 22.2. The van der Waals surface area contributed by atoms with Gasteiger partial charge in [-0.25, -0.2) is 8.42 Å². The van der Waals surface area contributed by atoms with Gasteiger partial charge in [-0.05, 0) is 72.5 Å². The van der Waals surface area contributed by atoms with Gasteiger partial charge in [-0.2, -0.15) is 0 Å². The SMILES string of the molecule is COc1ccc(S(=O)(=O)N(CC(=O)N(Cc2ccc(Cl)cc2)C(Cc2ccccc2)C(=O)NC2CCCC2)c2ccccc2)cc1. The van der Waals surface area contributed by atoms with E-state index in [2.05, 4.69) is 5.32 Å². The molecule has 240 valence electrons.